The van der Waals surface area contributed by atoms with Gasteiger partial charge in [-0.2, -0.15) is 0 Å². The molecule has 1 aliphatic carbocycles. The summed E-state index contributed by atoms with van der Waals surface area (Å²) >= 11 is 0. The van der Waals surface area contributed by atoms with Gasteiger partial charge in [-0.25, -0.2) is 12.8 Å². The van der Waals surface area contributed by atoms with Crippen molar-refractivity contribution < 1.29 is 22.3 Å². The van der Waals surface area contributed by atoms with E-state index in [9.17, 15) is 22.4 Å². The number of ether oxygens (including phenoxy) is 1. The standard InChI is InChI=1S/C24H29FN2O5S/c1-3-33(30,31)18-10-11-21(25)19(13-18)20-15-26(2)24(29)14-22(20)32-17-8-6-16(7-9-17)27-12-4-5-23(27)28/h10-11,13-17H,3-9,12H2,1-2H3/t16-,17-. The molecule has 0 unspecified atom stereocenters. The zero-order valence-electron chi connectivity index (χ0n) is 18.9. The molecule has 0 radical (unpaired) electrons. The van der Waals surface area contributed by atoms with E-state index in [2.05, 4.69) is 0 Å². The fourth-order valence-corrected chi connectivity index (χ4v) is 5.60. The van der Waals surface area contributed by atoms with Crippen LogP contribution >= 0.6 is 0 Å². The summed E-state index contributed by atoms with van der Waals surface area (Å²) in [6.45, 7) is 2.34. The van der Waals surface area contributed by atoms with E-state index in [-0.39, 0.29) is 45.6 Å². The number of carbonyl (C=O) groups is 1. The van der Waals surface area contributed by atoms with E-state index in [0.717, 1.165) is 44.7 Å². The number of rotatable bonds is 6. The van der Waals surface area contributed by atoms with Crippen LogP contribution in [0.15, 0.2) is 40.2 Å². The molecule has 1 saturated carbocycles. The molecule has 1 amide bonds. The van der Waals surface area contributed by atoms with Crippen LogP contribution in [0.5, 0.6) is 5.75 Å². The molecule has 0 spiro atoms. The number of pyridine rings is 1. The Bertz CT molecular complexity index is 1220. The number of hydrogen-bond donors (Lipinski definition) is 0. The van der Waals surface area contributed by atoms with E-state index in [1.165, 1.54) is 35.9 Å². The Morgan fingerprint density at radius 2 is 1.82 bits per heavy atom. The first-order valence-corrected chi connectivity index (χ1v) is 13.0. The van der Waals surface area contributed by atoms with Crippen LogP contribution in [0.25, 0.3) is 11.1 Å². The lowest BCUT2D eigenvalue weighted by molar-refractivity contribution is -0.130. The molecule has 2 fully saturated rings. The first-order valence-electron chi connectivity index (χ1n) is 11.4. The maximum Gasteiger partial charge on any atom is 0.254 e. The zero-order valence-corrected chi connectivity index (χ0v) is 19.7. The summed E-state index contributed by atoms with van der Waals surface area (Å²) in [6.07, 6.45) is 5.90. The molecule has 7 nitrogen and oxygen atoms in total. The molecule has 0 N–H and O–H groups in total. The average molecular weight is 477 g/mol. The van der Waals surface area contributed by atoms with Crippen LogP contribution in [0, 0.1) is 5.82 Å². The van der Waals surface area contributed by atoms with Crippen LogP contribution in [-0.2, 0) is 21.7 Å². The first kappa shape index (κ1) is 23.5. The van der Waals surface area contributed by atoms with E-state index in [1.807, 2.05) is 4.90 Å². The number of aromatic nitrogens is 1. The summed E-state index contributed by atoms with van der Waals surface area (Å²) in [4.78, 5) is 26.4. The van der Waals surface area contributed by atoms with Crippen molar-refractivity contribution in [3.63, 3.8) is 0 Å². The predicted molar refractivity (Wildman–Crippen MR) is 122 cm³/mol. The number of hydrogen-bond acceptors (Lipinski definition) is 5. The Morgan fingerprint density at radius 1 is 1.09 bits per heavy atom. The van der Waals surface area contributed by atoms with Crippen molar-refractivity contribution in [2.45, 2.75) is 62.5 Å². The van der Waals surface area contributed by atoms with E-state index in [0.29, 0.717) is 12.0 Å². The van der Waals surface area contributed by atoms with Crippen molar-refractivity contribution in [2.24, 2.45) is 7.05 Å². The Labute approximate surface area is 193 Å². The number of benzene rings is 1. The van der Waals surface area contributed by atoms with Gasteiger partial charge in [-0.15, -0.1) is 0 Å². The quantitative estimate of drug-likeness (QED) is 0.598. The molecule has 1 aromatic heterocycles. The topological polar surface area (TPSA) is 85.7 Å². The molecule has 1 aromatic carbocycles. The highest BCUT2D eigenvalue weighted by molar-refractivity contribution is 7.91. The third-order valence-electron chi connectivity index (χ3n) is 6.65. The highest BCUT2D eigenvalue weighted by atomic mass is 32.2. The van der Waals surface area contributed by atoms with E-state index in [1.54, 1.807) is 7.05 Å². The van der Waals surface area contributed by atoms with Crippen LogP contribution in [0.1, 0.15) is 45.4 Å². The highest BCUT2D eigenvalue weighted by Crippen LogP contribution is 2.35. The molecule has 2 heterocycles. The Balaban J connectivity index is 1.61. The second-order valence-corrected chi connectivity index (χ2v) is 11.1. The minimum atomic E-state index is -3.53. The van der Waals surface area contributed by atoms with Crippen LogP contribution in [0.4, 0.5) is 4.39 Å². The summed E-state index contributed by atoms with van der Waals surface area (Å²) in [6, 6.07) is 5.23. The lowest BCUT2D eigenvalue weighted by atomic mass is 9.92. The van der Waals surface area contributed by atoms with Gasteiger partial charge in [0.25, 0.3) is 5.56 Å². The summed E-state index contributed by atoms with van der Waals surface area (Å²) in [7, 11) is -1.98. The van der Waals surface area contributed by atoms with Crippen molar-refractivity contribution in [3.8, 4) is 16.9 Å². The predicted octanol–water partition coefficient (Wildman–Crippen LogP) is 3.30. The molecule has 0 atom stereocenters. The maximum atomic E-state index is 14.8. The lowest BCUT2D eigenvalue weighted by Crippen LogP contribution is -2.40. The Morgan fingerprint density at radius 3 is 2.45 bits per heavy atom. The molecule has 4 rings (SSSR count). The van der Waals surface area contributed by atoms with Gasteiger partial charge in [-0.1, -0.05) is 6.92 Å². The number of aryl methyl sites for hydroxylation is 1. The smallest absolute Gasteiger partial charge is 0.254 e. The van der Waals surface area contributed by atoms with Gasteiger partial charge in [0, 0.05) is 49.4 Å². The molecule has 2 aromatic rings. The molecule has 9 heteroatoms. The number of nitrogens with zero attached hydrogens (tertiary/aromatic N) is 2. The van der Waals surface area contributed by atoms with Gasteiger partial charge in [-0.3, -0.25) is 9.59 Å². The number of halogens is 1. The molecular formula is C24H29FN2O5S. The molecule has 1 saturated heterocycles. The summed E-state index contributed by atoms with van der Waals surface area (Å²) in [5.74, 6) is -0.239. The largest absolute Gasteiger partial charge is 0.490 e. The normalized spacial score (nSPS) is 21.4. The van der Waals surface area contributed by atoms with Crippen LogP contribution in [0.3, 0.4) is 0 Å². The van der Waals surface area contributed by atoms with Gasteiger partial charge in [0.1, 0.15) is 11.6 Å². The highest BCUT2D eigenvalue weighted by Gasteiger charge is 2.32. The van der Waals surface area contributed by atoms with Crippen LogP contribution in [-0.4, -0.2) is 48.2 Å². The molecule has 0 bridgehead atoms. The van der Waals surface area contributed by atoms with Crippen molar-refractivity contribution in [1.82, 2.24) is 9.47 Å². The average Bonchev–Trinajstić information content (AvgIpc) is 3.23. The van der Waals surface area contributed by atoms with Crippen LogP contribution in [0.2, 0.25) is 0 Å². The first-order chi connectivity index (χ1) is 15.7. The van der Waals surface area contributed by atoms with Gasteiger partial charge in [-0.05, 0) is 50.3 Å². The number of likely N-dealkylation sites (tertiary alicyclic amines) is 1. The van der Waals surface area contributed by atoms with E-state index >= 15 is 0 Å². The second kappa shape index (κ2) is 9.29. The van der Waals surface area contributed by atoms with Gasteiger partial charge in [0.05, 0.1) is 16.8 Å². The van der Waals surface area contributed by atoms with Crippen molar-refractivity contribution in [3.05, 3.63) is 46.6 Å². The minimum absolute atomic E-state index is 0.0250. The molecule has 33 heavy (non-hydrogen) atoms. The van der Waals surface area contributed by atoms with Gasteiger partial charge in [0.2, 0.25) is 5.91 Å². The van der Waals surface area contributed by atoms with Gasteiger partial charge >= 0.3 is 0 Å². The number of sulfone groups is 1. The fraction of sp³-hybridized carbons (Fsp3) is 0.500. The fourth-order valence-electron chi connectivity index (χ4n) is 4.69. The third-order valence-corrected chi connectivity index (χ3v) is 8.38. The summed E-state index contributed by atoms with van der Waals surface area (Å²) < 4.78 is 47.0. The van der Waals surface area contributed by atoms with Crippen LogP contribution < -0.4 is 10.3 Å². The molecule has 178 valence electrons. The summed E-state index contributed by atoms with van der Waals surface area (Å²) in [5.41, 5.74) is 0.105. The van der Waals surface area contributed by atoms with Crippen molar-refractivity contribution in [2.75, 3.05) is 12.3 Å². The van der Waals surface area contributed by atoms with Crippen molar-refractivity contribution in [1.29, 1.82) is 0 Å². The number of carbonyl (C=O) groups excluding carboxylic acids is 1. The zero-order chi connectivity index (χ0) is 23.8. The maximum absolute atomic E-state index is 14.8. The molecule has 1 aliphatic heterocycles. The monoisotopic (exact) mass is 476 g/mol. The Kier molecular flexibility index (Phi) is 6.61. The minimum Gasteiger partial charge on any atom is -0.490 e. The second-order valence-electron chi connectivity index (χ2n) is 8.78. The van der Waals surface area contributed by atoms with E-state index in [4.69, 9.17) is 4.74 Å². The SMILES string of the molecule is CCS(=O)(=O)c1ccc(F)c(-c2cn(C)c(=O)cc2O[C@H]2CC[C@H](N3CCCC3=O)CC2)c1. The lowest BCUT2D eigenvalue weighted by Gasteiger charge is -2.35. The Hall–Kier alpha value is -2.68. The molecular weight excluding hydrogens is 447 g/mol. The van der Waals surface area contributed by atoms with Gasteiger partial charge in [0.15, 0.2) is 9.84 Å². The van der Waals surface area contributed by atoms with Gasteiger partial charge < -0.3 is 14.2 Å². The van der Waals surface area contributed by atoms with E-state index < -0.39 is 15.7 Å². The summed E-state index contributed by atoms with van der Waals surface area (Å²) in [5, 5.41) is 0. The third kappa shape index (κ3) is 4.83. The molecule has 2 aliphatic rings. The number of amides is 1. The van der Waals surface area contributed by atoms with Crippen molar-refractivity contribution >= 4 is 15.7 Å².